The van der Waals surface area contributed by atoms with Crippen molar-refractivity contribution in [1.82, 2.24) is 35.2 Å². The zero-order valence-electron chi connectivity index (χ0n) is 14.0. The monoisotopic (exact) mass is 381 g/mol. The van der Waals surface area contributed by atoms with Crippen LogP contribution in [-0.2, 0) is 0 Å². The minimum absolute atomic E-state index is 0.214. The Morgan fingerprint density at radius 1 is 1.08 bits per heavy atom. The van der Waals surface area contributed by atoms with E-state index in [0.717, 1.165) is 37.2 Å². The molecule has 3 rings (SSSR count). The van der Waals surface area contributed by atoms with Gasteiger partial charge in [-0.2, -0.15) is 0 Å². The van der Waals surface area contributed by atoms with Crippen LogP contribution in [0, 0.1) is 0 Å². The second-order valence-corrected chi connectivity index (χ2v) is 7.66. The van der Waals surface area contributed by atoms with E-state index >= 15 is 0 Å². The third kappa shape index (κ3) is 3.66. The molecular weight excluding hydrogens is 362 g/mol. The summed E-state index contributed by atoms with van der Waals surface area (Å²) in [6.45, 7) is 0. The van der Waals surface area contributed by atoms with Crippen LogP contribution in [0.4, 0.5) is 0 Å². The predicted octanol–water partition coefficient (Wildman–Crippen LogP) is 1.51. The number of nitrogens with one attached hydrogen (secondary N) is 2. The quantitative estimate of drug-likeness (QED) is 0.806. The standard InChI is InChI=1S/C14H19N7O2S2/c1-15-11(22)9-13(21(19-17-9)8-6-4-3-5-7-8)24-14-10(12(23)16-2)18-20-25-14/h8H,3-7H2,1-2H3,(H,15,22)(H,16,23). The van der Waals surface area contributed by atoms with Crippen LogP contribution in [0.5, 0.6) is 0 Å². The van der Waals surface area contributed by atoms with E-state index in [1.165, 1.54) is 18.2 Å². The molecule has 0 spiro atoms. The SMILES string of the molecule is CNC(=O)c1nnsc1Sc1c(C(=O)NC)nnn1C1CCCCC1. The normalized spacial score (nSPS) is 15.1. The van der Waals surface area contributed by atoms with E-state index in [2.05, 4.69) is 30.5 Å². The van der Waals surface area contributed by atoms with Crippen LogP contribution in [0.1, 0.15) is 59.1 Å². The van der Waals surface area contributed by atoms with Crippen molar-refractivity contribution in [1.29, 1.82) is 0 Å². The zero-order valence-corrected chi connectivity index (χ0v) is 15.6. The molecular formula is C14H19N7O2S2. The van der Waals surface area contributed by atoms with Gasteiger partial charge in [-0.15, -0.1) is 10.2 Å². The van der Waals surface area contributed by atoms with Crippen molar-refractivity contribution in [3.8, 4) is 0 Å². The molecule has 0 radical (unpaired) electrons. The van der Waals surface area contributed by atoms with Gasteiger partial charge < -0.3 is 10.6 Å². The van der Waals surface area contributed by atoms with Gasteiger partial charge in [-0.3, -0.25) is 9.59 Å². The largest absolute Gasteiger partial charge is 0.354 e. The molecule has 9 nitrogen and oxygen atoms in total. The first-order chi connectivity index (χ1) is 12.2. The molecule has 1 aliphatic carbocycles. The molecule has 1 saturated carbocycles. The Kier molecular flexibility index (Phi) is 5.63. The fraction of sp³-hybridized carbons (Fsp3) is 0.571. The molecule has 1 fully saturated rings. The molecule has 2 N–H and O–H groups in total. The summed E-state index contributed by atoms with van der Waals surface area (Å²) in [5, 5.41) is 18.0. The van der Waals surface area contributed by atoms with E-state index in [9.17, 15) is 9.59 Å². The Hall–Kier alpha value is -2.01. The summed E-state index contributed by atoms with van der Waals surface area (Å²) in [4.78, 5) is 24.1. The number of hydrogen-bond acceptors (Lipinski definition) is 8. The Balaban J connectivity index is 1.98. The fourth-order valence-electron chi connectivity index (χ4n) is 2.80. The van der Waals surface area contributed by atoms with Crippen molar-refractivity contribution in [3.05, 3.63) is 11.4 Å². The number of aromatic nitrogens is 5. The molecule has 0 saturated heterocycles. The van der Waals surface area contributed by atoms with Gasteiger partial charge in [0.15, 0.2) is 11.4 Å². The van der Waals surface area contributed by atoms with Crippen LogP contribution in [0.3, 0.4) is 0 Å². The number of rotatable bonds is 5. The third-order valence-corrected chi connectivity index (χ3v) is 6.05. The number of carbonyl (C=O) groups excluding carboxylic acids is 2. The number of hydrogen-bond donors (Lipinski definition) is 2. The van der Waals surface area contributed by atoms with Crippen LogP contribution >= 0.6 is 23.3 Å². The van der Waals surface area contributed by atoms with Gasteiger partial charge in [0, 0.05) is 14.1 Å². The number of amides is 2. The summed E-state index contributed by atoms with van der Waals surface area (Å²) in [6, 6.07) is 0.214. The van der Waals surface area contributed by atoms with E-state index in [4.69, 9.17) is 0 Å². The minimum atomic E-state index is -0.311. The second-order valence-electron chi connectivity index (χ2n) is 5.65. The van der Waals surface area contributed by atoms with Crippen LogP contribution in [0.2, 0.25) is 0 Å². The molecule has 11 heteroatoms. The highest BCUT2D eigenvalue weighted by atomic mass is 32.2. The molecule has 0 bridgehead atoms. The van der Waals surface area contributed by atoms with Crippen LogP contribution in [0.25, 0.3) is 0 Å². The van der Waals surface area contributed by atoms with Crippen molar-refractivity contribution in [2.24, 2.45) is 0 Å². The molecule has 134 valence electrons. The van der Waals surface area contributed by atoms with Gasteiger partial charge in [0.25, 0.3) is 11.8 Å². The average molecular weight is 381 g/mol. The van der Waals surface area contributed by atoms with Crippen LogP contribution in [-0.4, -0.2) is 50.5 Å². The third-order valence-electron chi connectivity index (χ3n) is 4.10. The van der Waals surface area contributed by atoms with Crippen molar-refractivity contribution in [2.45, 2.75) is 47.4 Å². The molecule has 1 aliphatic rings. The van der Waals surface area contributed by atoms with E-state index in [1.807, 2.05) is 4.68 Å². The Morgan fingerprint density at radius 3 is 2.44 bits per heavy atom. The summed E-state index contributed by atoms with van der Waals surface area (Å²) in [5.41, 5.74) is 0.506. The Labute approximate surface area is 153 Å². The summed E-state index contributed by atoms with van der Waals surface area (Å²) < 4.78 is 6.30. The highest BCUT2D eigenvalue weighted by molar-refractivity contribution is 8.01. The summed E-state index contributed by atoms with van der Waals surface area (Å²) >= 11 is 2.39. The van der Waals surface area contributed by atoms with Gasteiger partial charge in [0.2, 0.25) is 0 Å². The first-order valence-electron chi connectivity index (χ1n) is 8.05. The van der Waals surface area contributed by atoms with Gasteiger partial charge in [-0.05, 0) is 24.4 Å². The molecule has 2 aromatic rings. The molecule has 0 atom stereocenters. The van der Waals surface area contributed by atoms with Crippen molar-refractivity contribution < 1.29 is 9.59 Å². The molecule has 2 heterocycles. The first-order valence-corrected chi connectivity index (χ1v) is 9.64. The molecule has 0 aromatic carbocycles. The van der Waals surface area contributed by atoms with Crippen molar-refractivity contribution in [2.75, 3.05) is 14.1 Å². The van der Waals surface area contributed by atoms with Crippen LogP contribution < -0.4 is 10.6 Å². The lowest BCUT2D eigenvalue weighted by molar-refractivity contribution is 0.0948. The van der Waals surface area contributed by atoms with Gasteiger partial charge in [0.1, 0.15) is 9.24 Å². The summed E-state index contributed by atoms with van der Waals surface area (Å²) in [6.07, 6.45) is 5.50. The number of carbonyl (C=O) groups is 2. The smallest absolute Gasteiger partial charge is 0.274 e. The van der Waals surface area contributed by atoms with E-state index < -0.39 is 0 Å². The topological polar surface area (TPSA) is 115 Å². The summed E-state index contributed by atoms with van der Waals surface area (Å²) in [7, 11) is 3.10. The average Bonchev–Trinajstić information content (AvgIpc) is 3.28. The van der Waals surface area contributed by atoms with Gasteiger partial charge in [-0.1, -0.05) is 40.7 Å². The van der Waals surface area contributed by atoms with E-state index in [-0.39, 0.29) is 29.2 Å². The lowest BCUT2D eigenvalue weighted by atomic mass is 9.96. The van der Waals surface area contributed by atoms with E-state index in [0.29, 0.717) is 9.24 Å². The predicted molar refractivity (Wildman–Crippen MR) is 93.0 cm³/mol. The summed E-state index contributed by atoms with van der Waals surface area (Å²) in [5.74, 6) is -0.613. The first kappa shape index (κ1) is 17.8. The lowest BCUT2D eigenvalue weighted by Gasteiger charge is -2.22. The van der Waals surface area contributed by atoms with Gasteiger partial charge in [0.05, 0.1) is 6.04 Å². The maximum atomic E-state index is 12.2. The van der Waals surface area contributed by atoms with Gasteiger partial charge >= 0.3 is 0 Å². The lowest BCUT2D eigenvalue weighted by Crippen LogP contribution is -2.21. The fourth-order valence-corrected chi connectivity index (χ4v) is 4.62. The van der Waals surface area contributed by atoms with Crippen molar-refractivity contribution in [3.63, 3.8) is 0 Å². The zero-order chi connectivity index (χ0) is 17.8. The molecule has 25 heavy (non-hydrogen) atoms. The number of nitrogens with zero attached hydrogens (tertiary/aromatic N) is 5. The van der Waals surface area contributed by atoms with Gasteiger partial charge in [-0.25, -0.2) is 4.68 Å². The molecule has 2 amide bonds. The Morgan fingerprint density at radius 2 is 1.76 bits per heavy atom. The maximum absolute atomic E-state index is 12.2. The highest BCUT2D eigenvalue weighted by Gasteiger charge is 2.28. The highest BCUT2D eigenvalue weighted by Crippen LogP contribution is 2.38. The molecule has 0 aliphatic heterocycles. The second kappa shape index (κ2) is 7.91. The Bertz CT molecular complexity index is 767. The maximum Gasteiger partial charge on any atom is 0.274 e. The molecule has 2 aromatic heterocycles. The minimum Gasteiger partial charge on any atom is -0.354 e. The van der Waals surface area contributed by atoms with Crippen molar-refractivity contribution >= 4 is 35.1 Å². The molecule has 0 unspecified atom stereocenters. The van der Waals surface area contributed by atoms with Crippen LogP contribution in [0.15, 0.2) is 9.24 Å². The van der Waals surface area contributed by atoms with E-state index in [1.54, 1.807) is 14.1 Å².